The van der Waals surface area contributed by atoms with Gasteiger partial charge in [0.25, 0.3) is 0 Å². The van der Waals surface area contributed by atoms with Crippen molar-refractivity contribution in [1.82, 2.24) is 0 Å². The quantitative estimate of drug-likeness (QED) is 0.850. The average molecular weight is 271 g/mol. The molecule has 1 fully saturated rings. The van der Waals surface area contributed by atoms with Crippen molar-refractivity contribution in [2.75, 3.05) is 5.32 Å². The fraction of sp³-hybridized carbons (Fsp3) is 0.412. The third-order valence-electron chi connectivity index (χ3n) is 3.81. The molecule has 1 heterocycles. The number of hydrogen-bond acceptors (Lipinski definition) is 3. The molecule has 3 rings (SSSR count). The van der Waals surface area contributed by atoms with Gasteiger partial charge in [-0.3, -0.25) is 0 Å². The molecule has 1 aromatic carbocycles. The maximum atomic E-state index is 5.96. The topological polar surface area (TPSA) is 34.4 Å². The van der Waals surface area contributed by atoms with Gasteiger partial charge in [-0.05, 0) is 69.0 Å². The van der Waals surface area contributed by atoms with Gasteiger partial charge in [-0.1, -0.05) is 0 Å². The molecule has 0 bridgehead atoms. The lowest BCUT2D eigenvalue weighted by Gasteiger charge is -2.15. The zero-order valence-corrected chi connectivity index (χ0v) is 11.8. The van der Waals surface area contributed by atoms with Gasteiger partial charge in [-0.15, -0.1) is 0 Å². The molecule has 0 spiro atoms. The Bertz CT molecular complexity index is 512. The first-order valence-corrected chi connectivity index (χ1v) is 7.38. The van der Waals surface area contributed by atoms with E-state index >= 15 is 0 Å². The smallest absolute Gasteiger partial charge is 0.125 e. The molecule has 1 unspecified atom stereocenters. The lowest BCUT2D eigenvalue weighted by molar-refractivity contribution is 0.210. The number of furan rings is 1. The van der Waals surface area contributed by atoms with Crippen molar-refractivity contribution >= 4 is 5.69 Å². The highest BCUT2D eigenvalue weighted by atomic mass is 16.5. The standard InChI is InChI=1S/C17H21NO2/c1-13(17-7-4-12-19-17)18-14-8-10-16(11-9-14)20-15-5-2-3-6-15/h4,7-13,15,18H,2-3,5-6H2,1H3. The molecule has 1 atom stereocenters. The summed E-state index contributed by atoms with van der Waals surface area (Å²) in [5, 5.41) is 3.42. The molecule has 0 aliphatic heterocycles. The number of benzene rings is 1. The monoisotopic (exact) mass is 271 g/mol. The van der Waals surface area contributed by atoms with E-state index < -0.39 is 0 Å². The fourth-order valence-corrected chi connectivity index (χ4v) is 2.69. The fourth-order valence-electron chi connectivity index (χ4n) is 2.69. The van der Waals surface area contributed by atoms with Crippen LogP contribution >= 0.6 is 0 Å². The van der Waals surface area contributed by atoms with Gasteiger partial charge < -0.3 is 14.5 Å². The van der Waals surface area contributed by atoms with Gasteiger partial charge in [0.15, 0.2) is 0 Å². The molecular formula is C17H21NO2. The van der Waals surface area contributed by atoms with E-state index in [0.717, 1.165) is 17.2 Å². The Kier molecular flexibility index (Phi) is 3.95. The Morgan fingerprint density at radius 3 is 2.55 bits per heavy atom. The summed E-state index contributed by atoms with van der Waals surface area (Å²) in [7, 11) is 0. The van der Waals surface area contributed by atoms with E-state index in [0.29, 0.717) is 6.10 Å². The minimum Gasteiger partial charge on any atom is -0.490 e. The van der Waals surface area contributed by atoms with Gasteiger partial charge in [0.2, 0.25) is 0 Å². The van der Waals surface area contributed by atoms with Crippen molar-refractivity contribution in [2.45, 2.75) is 44.8 Å². The third-order valence-corrected chi connectivity index (χ3v) is 3.81. The van der Waals surface area contributed by atoms with Crippen LogP contribution < -0.4 is 10.1 Å². The summed E-state index contributed by atoms with van der Waals surface area (Å²) < 4.78 is 11.4. The summed E-state index contributed by atoms with van der Waals surface area (Å²) in [5.41, 5.74) is 1.08. The lowest BCUT2D eigenvalue weighted by Crippen LogP contribution is -2.11. The predicted molar refractivity (Wildman–Crippen MR) is 80.1 cm³/mol. The minimum atomic E-state index is 0.159. The number of nitrogens with one attached hydrogen (secondary N) is 1. The first kappa shape index (κ1) is 13.1. The van der Waals surface area contributed by atoms with Crippen LogP contribution in [0.1, 0.15) is 44.4 Å². The van der Waals surface area contributed by atoms with Crippen LogP contribution in [0.5, 0.6) is 5.75 Å². The van der Waals surface area contributed by atoms with E-state index in [1.807, 2.05) is 24.3 Å². The van der Waals surface area contributed by atoms with Crippen LogP contribution in [-0.4, -0.2) is 6.10 Å². The normalized spacial score (nSPS) is 17.1. The molecule has 1 saturated carbocycles. The molecule has 106 valence electrons. The van der Waals surface area contributed by atoms with Gasteiger partial charge in [0.05, 0.1) is 18.4 Å². The van der Waals surface area contributed by atoms with Crippen LogP contribution in [-0.2, 0) is 0 Å². The van der Waals surface area contributed by atoms with Crippen molar-refractivity contribution in [2.24, 2.45) is 0 Å². The second kappa shape index (κ2) is 6.04. The highest BCUT2D eigenvalue weighted by Crippen LogP contribution is 2.26. The molecule has 0 saturated heterocycles. The van der Waals surface area contributed by atoms with Gasteiger partial charge in [-0.2, -0.15) is 0 Å². The van der Waals surface area contributed by atoms with E-state index in [4.69, 9.17) is 9.15 Å². The van der Waals surface area contributed by atoms with Crippen LogP contribution in [0.2, 0.25) is 0 Å². The van der Waals surface area contributed by atoms with Gasteiger partial charge in [0.1, 0.15) is 11.5 Å². The Morgan fingerprint density at radius 1 is 1.15 bits per heavy atom. The second-order valence-electron chi connectivity index (χ2n) is 5.43. The Labute approximate surface area is 119 Å². The SMILES string of the molecule is CC(Nc1ccc(OC2CCCC2)cc1)c1ccco1. The number of rotatable bonds is 5. The molecular weight excluding hydrogens is 250 g/mol. The molecule has 3 heteroatoms. The first-order valence-electron chi connectivity index (χ1n) is 7.38. The molecule has 0 amide bonds. The van der Waals surface area contributed by atoms with E-state index in [1.165, 1.54) is 25.7 Å². The molecule has 1 aliphatic carbocycles. The minimum absolute atomic E-state index is 0.159. The average Bonchev–Trinajstić information content (AvgIpc) is 3.13. The van der Waals surface area contributed by atoms with E-state index in [1.54, 1.807) is 6.26 Å². The van der Waals surface area contributed by atoms with E-state index in [9.17, 15) is 0 Å². The van der Waals surface area contributed by atoms with Gasteiger partial charge in [0, 0.05) is 5.69 Å². The van der Waals surface area contributed by atoms with Crippen LogP contribution in [0, 0.1) is 0 Å². The molecule has 3 nitrogen and oxygen atoms in total. The van der Waals surface area contributed by atoms with Crippen molar-refractivity contribution in [1.29, 1.82) is 0 Å². The molecule has 1 aromatic heterocycles. The maximum Gasteiger partial charge on any atom is 0.125 e. The summed E-state index contributed by atoms with van der Waals surface area (Å²) in [6.45, 7) is 2.09. The predicted octanol–water partition coefficient (Wildman–Crippen LogP) is 4.77. The Balaban J connectivity index is 1.58. The van der Waals surface area contributed by atoms with Crippen LogP contribution in [0.15, 0.2) is 47.1 Å². The summed E-state index contributed by atoms with van der Waals surface area (Å²) in [4.78, 5) is 0. The number of ether oxygens (including phenoxy) is 1. The number of hydrogen-bond donors (Lipinski definition) is 1. The summed E-state index contributed by atoms with van der Waals surface area (Å²) in [5.74, 6) is 1.91. The Morgan fingerprint density at radius 2 is 1.90 bits per heavy atom. The molecule has 20 heavy (non-hydrogen) atoms. The van der Waals surface area contributed by atoms with Crippen LogP contribution in [0.4, 0.5) is 5.69 Å². The zero-order valence-electron chi connectivity index (χ0n) is 11.8. The molecule has 0 radical (unpaired) electrons. The summed E-state index contributed by atoms with van der Waals surface area (Å²) >= 11 is 0. The molecule has 1 N–H and O–H groups in total. The van der Waals surface area contributed by atoms with Crippen molar-refractivity contribution in [3.63, 3.8) is 0 Å². The number of anilines is 1. The van der Waals surface area contributed by atoms with E-state index in [2.05, 4.69) is 24.4 Å². The van der Waals surface area contributed by atoms with Crippen LogP contribution in [0.25, 0.3) is 0 Å². The van der Waals surface area contributed by atoms with Gasteiger partial charge >= 0.3 is 0 Å². The first-order chi connectivity index (χ1) is 9.81. The molecule has 1 aliphatic rings. The van der Waals surface area contributed by atoms with Crippen molar-refractivity contribution in [3.05, 3.63) is 48.4 Å². The zero-order chi connectivity index (χ0) is 13.8. The summed E-state index contributed by atoms with van der Waals surface area (Å²) in [6.07, 6.45) is 7.09. The maximum absolute atomic E-state index is 5.96. The highest BCUT2D eigenvalue weighted by molar-refractivity contribution is 5.47. The third kappa shape index (κ3) is 3.16. The van der Waals surface area contributed by atoms with Gasteiger partial charge in [-0.25, -0.2) is 0 Å². The van der Waals surface area contributed by atoms with Crippen molar-refractivity contribution < 1.29 is 9.15 Å². The summed E-state index contributed by atoms with van der Waals surface area (Å²) in [6, 6.07) is 12.2. The highest BCUT2D eigenvalue weighted by Gasteiger charge is 2.16. The van der Waals surface area contributed by atoms with Crippen molar-refractivity contribution in [3.8, 4) is 5.75 Å². The Hall–Kier alpha value is -1.90. The molecule has 2 aromatic rings. The lowest BCUT2D eigenvalue weighted by atomic mass is 10.2. The second-order valence-corrected chi connectivity index (χ2v) is 5.43. The van der Waals surface area contributed by atoms with Crippen LogP contribution in [0.3, 0.4) is 0 Å². The van der Waals surface area contributed by atoms with E-state index in [-0.39, 0.29) is 6.04 Å². The largest absolute Gasteiger partial charge is 0.490 e.